The minimum Gasteiger partial charge on any atom is -0.455 e. The molecule has 5 heteroatoms. The van der Waals surface area contributed by atoms with Gasteiger partial charge in [-0.1, -0.05) is 18.9 Å². The predicted molar refractivity (Wildman–Crippen MR) is 80.7 cm³/mol. The third kappa shape index (κ3) is 4.49. The summed E-state index contributed by atoms with van der Waals surface area (Å²) in [4.78, 5) is 23.3. The molecule has 1 fully saturated rings. The van der Waals surface area contributed by atoms with Crippen LogP contribution in [0.5, 0.6) is 0 Å². The molecule has 0 heterocycles. The Morgan fingerprint density at radius 1 is 1.32 bits per heavy atom. The number of carbonyl (C=O) groups is 2. The molecule has 0 saturated heterocycles. The van der Waals surface area contributed by atoms with E-state index in [4.69, 9.17) is 4.74 Å². The molecule has 4 nitrogen and oxygen atoms in total. The summed E-state index contributed by atoms with van der Waals surface area (Å²) < 4.78 is 6.08. The number of esters is 1. The van der Waals surface area contributed by atoms with Gasteiger partial charge < -0.3 is 10.1 Å². The van der Waals surface area contributed by atoms with Gasteiger partial charge in [0.15, 0.2) is 6.61 Å². The van der Waals surface area contributed by atoms with E-state index >= 15 is 0 Å². The maximum atomic E-state index is 11.7. The molecule has 0 atom stereocenters. The van der Waals surface area contributed by atoms with Gasteiger partial charge in [-0.25, -0.2) is 0 Å². The van der Waals surface area contributed by atoms with E-state index in [2.05, 4.69) is 27.9 Å². The fourth-order valence-electron chi connectivity index (χ4n) is 2.18. The molecular weight excluding hydrogens is 357 g/mol. The molecule has 0 aromatic heterocycles. The summed E-state index contributed by atoms with van der Waals surface area (Å²) in [7, 11) is 0. The highest BCUT2D eigenvalue weighted by atomic mass is 127. The van der Waals surface area contributed by atoms with Crippen molar-refractivity contribution in [3.05, 3.63) is 27.8 Å². The predicted octanol–water partition coefficient (Wildman–Crippen LogP) is 2.96. The lowest BCUT2D eigenvalue weighted by atomic mass is 10.1. The zero-order valence-corrected chi connectivity index (χ0v) is 12.7. The van der Waals surface area contributed by atoms with Crippen molar-refractivity contribution in [2.45, 2.75) is 25.7 Å². The Hall–Kier alpha value is -1.11. The molecule has 1 amide bonds. The zero-order valence-electron chi connectivity index (χ0n) is 10.5. The Morgan fingerprint density at radius 3 is 2.74 bits per heavy atom. The van der Waals surface area contributed by atoms with Crippen molar-refractivity contribution < 1.29 is 14.3 Å². The van der Waals surface area contributed by atoms with Gasteiger partial charge in [0.05, 0.1) is 5.92 Å². The molecule has 0 radical (unpaired) electrons. The number of hydrogen-bond acceptors (Lipinski definition) is 3. The van der Waals surface area contributed by atoms with Gasteiger partial charge in [0, 0.05) is 9.26 Å². The Bertz CT molecular complexity index is 470. The highest BCUT2D eigenvalue weighted by Crippen LogP contribution is 2.25. The van der Waals surface area contributed by atoms with Crippen LogP contribution in [-0.2, 0) is 14.3 Å². The number of benzene rings is 1. The quantitative estimate of drug-likeness (QED) is 0.652. The number of rotatable bonds is 4. The maximum Gasteiger partial charge on any atom is 0.309 e. The minimum atomic E-state index is -0.298. The number of amides is 1. The summed E-state index contributed by atoms with van der Waals surface area (Å²) in [6, 6.07) is 7.47. The Morgan fingerprint density at radius 2 is 2.05 bits per heavy atom. The normalized spacial score (nSPS) is 15.2. The molecule has 1 aliphatic rings. The summed E-state index contributed by atoms with van der Waals surface area (Å²) >= 11 is 2.17. The van der Waals surface area contributed by atoms with Crippen LogP contribution in [0.1, 0.15) is 25.7 Å². The molecule has 19 heavy (non-hydrogen) atoms. The van der Waals surface area contributed by atoms with Crippen LogP contribution in [0.25, 0.3) is 0 Å². The molecule has 0 aliphatic heterocycles. The van der Waals surface area contributed by atoms with Gasteiger partial charge in [-0.3, -0.25) is 9.59 Å². The highest BCUT2D eigenvalue weighted by molar-refractivity contribution is 14.1. The van der Waals surface area contributed by atoms with Crippen LogP contribution < -0.4 is 5.32 Å². The van der Waals surface area contributed by atoms with Gasteiger partial charge in [0.2, 0.25) is 0 Å². The third-order valence-corrected chi connectivity index (χ3v) is 3.81. The summed E-state index contributed by atoms with van der Waals surface area (Å²) in [6.07, 6.45) is 3.93. The second-order valence-electron chi connectivity index (χ2n) is 4.65. The molecule has 2 rings (SSSR count). The largest absolute Gasteiger partial charge is 0.455 e. The van der Waals surface area contributed by atoms with Gasteiger partial charge in [0.25, 0.3) is 5.91 Å². The first kappa shape index (κ1) is 14.3. The Kier molecular flexibility index (Phi) is 5.18. The number of ether oxygens (including phenoxy) is 1. The topological polar surface area (TPSA) is 55.4 Å². The standard InChI is InChI=1S/C14H16INO3/c15-11-6-3-7-12(8-11)16-13(17)9-19-14(18)10-4-1-2-5-10/h3,6-8,10H,1-2,4-5,9H2,(H,16,17). The summed E-state index contributed by atoms with van der Waals surface area (Å²) in [5.41, 5.74) is 0.716. The van der Waals surface area contributed by atoms with Crippen LogP contribution in [0.15, 0.2) is 24.3 Å². The SMILES string of the molecule is O=C(COC(=O)C1CCCC1)Nc1cccc(I)c1. The second kappa shape index (κ2) is 6.88. The summed E-state index contributed by atoms with van der Waals surface area (Å²) in [6.45, 7) is -0.208. The molecule has 1 aliphatic carbocycles. The van der Waals surface area contributed by atoms with Crippen molar-refractivity contribution in [3.8, 4) is 0 Å². The van der Waals surface area contributed by atoms with Crippen LogP contribution in [0, 0.1) is 9.49 Å². The Balaban J connectivity index is 1.76. The van der Waals surface area contributed by atoms with Gasteiger partial charge in [-0.2, -0.15) is 0 Å². The molecule has 1 N–H and O–H groups in total. The lowest BCUT2D eigenvalue weighted by Gasteiger charge is -2.10. The monoisotopic (exact) mass is 373 g/mol. The maximum absolute atomic E-state index is 11.7. The number of halogens is 1. The molecule has 1 saturated carbocycles. The van der Waals surface area contributed by atoms with Crippen molar-refractivity contribution in [3.63, 3.8) is 0 Å². The number of carbonyl (C=O) groups excluding carboxylic acids is 2. The third-order valence-electron chi connectivity index (χ3n) is 3.14. The lowest BCUT2D eigenvalue weighted by Crippen LogP contribution is -2.23. The van der Waals surface area contributed by atoms with Crippen LogP contribution in [0.3, 0.4) is 0 Å². The lowest BCUT2D eigenvalue weighted by molar-refractivity contribution is -0.151. The Labute approximate surface area is 126 Å². The van der Waals surface area contributed by atoms with E-state index < -0.39 is 0 Å². The molecule has 1 aromatic rings. The molecular formula is C14H16INO3. The van der Waals surface area contributed by atoms with Crippen molar-refractivity contribution in [1.82, 2.24) is 0 Å². The molecule has 0 bridgehead atoms. The minimum absolute atomic E-state index is 0.00882. The molecule has 102 valence electrons. The van der Waals surface area contributed by atoms with E-state index in [1.165, 1.54) is 0 Å². The first-order chi connectivity index (χ1) is 9.15. The van der Waals surface area contributed by atoms with E-state index in [0.29, 0.717) is 5.69 Å². The van der Waals surface area contributed by atoms with Crippen LogP contribution in [-0.4, -0.2) is 18.5 Å². The highest BCUT2D eigenvalue weighted by Gasteiger charge is 2.24. The fraction of sp³-hybridized carbons (Fsp3) is 0.429. The summed E-state index contributed by atoms with van der Waals surface area (Å²) in [5.74, 6) is -0.547. The number of anilines is 1. The van der Waals surface area contributed by atoms with Crippen LogP contribution in [0.4, 0.5) is 5.69 Å². The average molecular weight is 373 g/mol. The first-order valence-electron chi connectivity index (χ1n) is 6.37. The first-order valence-corrected chi connectivity index (χ1v) is 7.45. The van der Waals surface area contributed by atoms with Gasteiger partial charge in [-0.15, -0.1) is 0 Å². The van der Waals surface area contributed by atoms with E-state index in [9.17, 15) is 9.59 Å². The van der Waals surface area contributed by atoms with Crippen molar-refractivity contribution >= 4 is 40.2 Å². The van der Waals surface area contributed by atoms with E-state index in [1.54, 1.807) is 6.07 Å². The smallest absolute Gasteiger partial charge is 0.309 e. The molecule has 0 spiro atoms. The second-order valence-corrected chi connectivity index (χ2v) is 5.89. The van der Waals surface area contributed by atoms with Gasteiger partial charge in [0.1, 0.15) is 0 Å². The molecule has 0 unspecified atom stereocenters. The van der Waals surface area contributed by atoms with Crippen LogP contribution in [0.2, 0.25) is 0 Å². The van der Waals surface area contributed by atoms with Crippen molar-refractivity contribution in [2.24, 2.45) is 5.92 Å². The zero-order chi connectivity index (χ0) is 13.7. The summed E-state index contributed by atoms with van der Waals surface area (Å²) in [5, 5.41) is 2.71. The number of hydrogen-bond donors (Lipinski definition) is 1. The van der Waals surface area contributed by atoms with E-state index in [0.717, 1.165) is 29.3 Å². The number of nitrogens with one attached hydrogen (secondary N) is 1. The van der Waals surface area contributed by atoms with Gasteiger partial charge in [-0.05, 0) is 53.6 Å². The van der Waals surface area contributed by atoms with E-state index in [1.807, 2.05) is 18.2 Å². The molecule has 1 aromatic carbocycles. The fourth-order valence-corrected chi connectivity index (χ4v) is 2.72. The van der Waals surface area contributed by atoms with Crippen LogP contribution >= 0.6 is 22.6 Å². The van der Waals surface area contributed by atoms with Crippen molar-refractivity contribution in [2.75, 3.05) is 11.9 Å². The van der Waals surface area contributed by atoms with E-state index in [-0.39, 0.29) is 24.4 Å². The van der Waals surface area contributed by atoms with Gasteiger partial charge >= 0.3 is 5.97 Å². The van der Waals surface area contributed by atoms with Crippen molar-refractivity contribution in [1.29, 1.82) is 0 Å². The average Bonchev–Trinajstić information content (AvgIpc) is 2.90.